The quantitative estimate of drug-likeness (QED) is 0.876. The maximum atomic E-state index is 4.51. The average molecular weight is 229 g/mol. The Labute approximate surface area is 102 Å². The molecule has 0 amide bonds. The standard InChI is InChI=1S/C14H19N3/c1-10-5-7-12(8-6-10)14-11(2)16-17(4)13(14)9-15-3/h5-8,15H,9H2,1-4H3. The monoisotopic (exact) mass is 229 g/mol. The van der Waals surface area contributed by atoms with Crippen molar-refractivity contribution in [1.29, 1.82) is 0 Å². The predicted octanol–water partition coefficient (Wildman–Crippen LogP) is 2.42. The highest BCUT2D eigenvalue weighted by Gasteiger charge is 2.13. The molecule has 0 saturated carbocycles. The van der Waals surface area contributed by atoms with E-state index in [-0.39, 0.29) is 0 Å². The second kappa shape index (κ2) is 4.72. The Hall–Kier alpha value is -1.61. The first-order valence-electron chi connectivity index (χ1n) is 5.87. The third-order valence-electron chi connectivity index (χ3n) is 3.03. The Kier molecular flexibility index (Phi) is 3.29. The number of rotatable bonds is 3. The molecule has 1 aromatic carbocycles. The summed E-state index contributed by atoms with van der Waals surface area (Å²) in [6.07, 6.45) is 0. The van der Waals surface area contributed by atoms with Gasteiger partial charge in [-0.25, -0.2) is 0 Å². The van der Waals surface area contributed by atoms with Crippen LogP contribution in [-0.2, 0) is 13.6 Å². The molecule has 0 aliphatic rings. The fraction of sp³-hybridized carbons (Fsp3) is 0.357. The van der Waals surface area contributed by atoms with Gasteiger partial charge < -0.3 is 5.32 Å². The molecule has 0 unspecified atom stereocenters. The second-order valence-corrected chi connectivity index (χ2v) is 4.43. The van der Waals surface area contributed by atoms with E-state index in [2.05, 4.69) is 48.5 Å². The first-order valence-corrected chi connectivity index (χ1v) is 5.87. The van der Waals surface area contributed by atoms with Crippen molar-refractivity contribution in [3.63, 3.8) is 0 Å². The van der Waals surface area contributed by atoms with E-state index in [9.17, 15) is 0 Å². The molecule has 90 valence electrons. The topological polar surface area (TPSA) is 29.9 Å². The molecule has 0 radical (unpaired) electrons. The molecular weight excluding hydrogens is 210 g/mol. The fourth-order valence-electron chi connectivity index (χ4n) is 2.17. The second-order valence-electron chi connectivity index (χ2n) is 4.43. The number of nitrogens with one attached hydrogen (secondary N) is 1. The largest absolute Gasteiger partial charge is 0.314 e. The summed E-state index contributed by atoms with van der Waals surface area (Å²) in [5.74, 6) is 0. The fourth-order valence-corrected chi connectivity index (χ4v) is 2.17. The zero-order valence-electron chi connectivity index (χ0n) is 10.9. The van der Waals surface area contributed by atoms with Gasteiger partial charge in [-0.3, -0.25) is 4.68 Å². The first kappa shape index (κ1) is 11.9. The molecule has 0 aliphatic heterocycles. The number of aryl methyl sites for hydroxylation is 3. The van der Waals surface area contributed by atoms with Gasteiger partial charge in [0, 0.05) is 19.2 Å². The van der Waals surface area contributed by atoms with Crippen LogP contribution in [0, 0.1) is 13.8 Å². The van der Waals surface area contributed by atoms with Crippen LogP contribution in [0.15, 0.2) is 24.3 Å². The minimum Gasteiger partial charge on any atom is -0.314 e. The number of hydrogen-bond acceptors (Lipinski definition) is 2. The third kappa shape index (κ3) is 2.24. The third-order valence-corrected chi connectivity index (χ3v) is 3.03. The van der Waals surface area contributed by atoms with Crippen LogP contribution in [-0.4, -0.2) is 16.8 Å². The molecule has 1 heterocycles. The summed E-state index contributed by atoms with van der Waals surface area (Å²) >= 11 is 0. The molecule has 0 bridgehead atoms. The van der Waals surface area contributed by atoms with E-state index < -0.39 is 0 Å². The number of aromatic nitrogens is 2. The van der Waals surface area contributed by atoms with Crippen molar-refractivity contribution in [2.45, 2.75) is 20.4 Å². The van der Waals surface area contributed by atoms with E-state index in [1.54, 1.807) is 0 Å². The van der Waals surface area contributed by atoms with Crippen molar-refractivity contribution in [1.82, 2.24) is 15.1 Å². The molecule has 17 heavy (non-hydrogen) atoms. The van der Waals surface area contributed by atoms with Crippen LogP contribution in [0.3, 0.4) is 0 Å². The number of benzene rings is 1. The van der Waals surface area contributed by atoms with E-state index in [0.29, 0.717) is 0 Å². The van der Waals surface area contributed by atoms with Crippen molar-refractivity contribution in [2.24, 2.45) is 7.05 Å². The van der Waals surface area contributed by atoms with Crippen LogP contribution in [0.4, 0.5) is 0 Å². The first-order chi connectivity index (χ1) is 8.13. The van der Waals surface area contributed by atoms with Crippen LogP contribution in [0.1, 0.15) is 17.0 Å². The van der Waals surface area contributed by atoms with Gasteiger partial charge in [0.15, 0.2) is 0 Å². The van der Waals surface area contributed by atoms with Gasteiger partial charge in [-0.05, 0) is 26.5 Å². The maximum Gasteiger partial charge on any atom is 0.0675 e. The molecule has 1 N–H and O–H groups in total. The molecule has 3 heteroatoms. The zero-order chi connectivity index (χ0) is 12.4. The Morgan fingerprint density at radius 2 is 1.82 bits per heavy atom. The van der Waals surface area contributed by atoms with Gasteiger partial charge in [0.25, 0.3) is 0 Å². The lowest BCUT2D eigenvalue weighted by Gasteiger charge is -2.06. The molecule has 0 spiro atoms. The van der Waals surface area contributed by atoms with E-state index >= 15 is 0 Å². The number of nitrogens with zero attached hydrogens (tertiary/aromatic N) is 2. The Morgan fingerprint density at radius 1 is 1.18 bits per heavy atom. The molecule has 2 rings (SSSR count). The van der Waals surface area contributed by atoms with Crippen LogP contribution >= 0.6 is 0 Å². The van der Waals surface area contributed by atoms with Crippen molar-refractivity contribution >= 4 is 0 Å². The number of hydrogen-bond donors (Lipinski definition) is 1. The van der Waals surface area contributed by atoms with Crippen LogP contribution in [0.25, 0.3) is 11.1 Å². The highest BCUT2D eigenvalue weighted by atomic mass is 15.3. The highest BCUT2D eigenvalue weighted by molar-refractivity contribution is 5.68. The van der Waals surface area contributed by atoms with Gasteiger partial charge in [0.1, 0.15) is 0 Å². The van der Waals surface area contributed by atoms with Gasteiger partial charge in [-0.2, -0.15) is 5.10 Å². The maximum absolute atomic E-state index is 4.51. The summed E-state index contributed by atoms with van der Waals surface area (Å²) in [7, 11) is 3.96. The SMILES string of the molecule is CNCc1c(-c2ccc(C)cc2)c(C)nn1C. The summed E-state index contributed by atoms with van der Waals surface area (Å²) in [6, 6.07) is 8.62. The van der Waals surface area contributed by atoms with Crippen molar-refractivity contribution in [2.75, 3.05) is 7.05 Å². The molecule has 3 nitrogen and oxygen atoms in total. The van der Waals surface area contributed by atoms with Gasteiger partial charge in [-0.1, -0.05) is 29.8 Å². The summed E-state index contributed by atoms with van der Waals surface area (Å²) in [5.41, 5.74) is 6.09. The Balaban J connectivity index is 2.53. The Bertz CT molecular complexity index is 509. The van der Waals surface area contributed by atoms with Crippen molar-refractivity contribution < 1.29 is 0 Å². The van der Waals surface area contributed by atoms with Gasteiger partial charge in [0.2, 0.25) is 0 Å². The van der Waals surface area contributed by atoms with E-state index in [4.69, 9.17) is 0 Å². The van der Waals surface area contributed by atoms with Crippen LogP contribution in [0.2, 0.25) is 0 Å². The molecule has 1 aromatic heterocycles. The summed E-state index contributed by atoms with van der Waals surface area (Å²) < 4.78 is 1.96. The minimum atomic E-state index is 0.834. The van der Waals surface area contributed by atoms with Crippen molar-refractivity contribution in [3.8, 4) is 11.1 Å². The van der Waals surface area contributed by atoms with Gasteiger partial charge >= 0.3 is 0 Å². The predicted molar refractivity (Wildman–Crippen MR) is 70.9 cm³/mol. The highest BCUT2D eigenvalue weighted by Crippen LogP contribution is 2.27. The van der Waals surface area contributed by atoms with E-state index in [1.165, 1.54) is 22.4 Å². The average Bonchev–Trinajstić information content (AvgIpc) is 2.56. The van der Waals surface area contributed by atoms with Crippen molar-refractivity contribution in [3.05, 3.63) is 41.2 Å². The summed E-state index contributed by atoms with van der Waals surface area (Å²) in [6.45, 7) is 5.00. The minimum absolute atomic E-state index is 0.834. The lowest BCUT2D eigenvalue weighted by atomic mass is 10.0. The summed E-state index contributed by atoms with van der Waals surface area (Å²) in [5, 5.41) is 7.70. The molecule has 0 atom stereocenters. The Morgan fingerprint density at radius 3 is 2.41 bits per heavy atom. The van der Waals surface area contributed by atoms with Crippen LogP contribution < -0.4 is 5.32 Å². The smallest absolute Gasteiger partial charge is 0.0675 e. The molecular formula is C14H19N3. The van der Waals surface area contributed by atoms with Gasteiger partial charge in [0.05, 0.1) is 11.4 Å². The lowest BCUT2D eigenvalue weighted by Crippen LogP contribution is -2.10. The normalized spacial score (nSPS) is 10.8. The van der Waals surface area contributed by atoms with E-state index in [1.807, 2.05) is 18.8 Å². The van der Waals surface area contributed by atoms with E-state index in [0.717, 1.165) is 12.2 Å². The molecule has 0 saturated heterocycles. The molecule has 0 aliphatic carbocycles. The van der Waals surface area contributed by atoms with Crippen LogP contribution in [0.5, 0.6) is 0 Å². The zero-order valence-corrected chi connectivity index (χ0v) is 10.9. The van der Waals surface area contributed by atoms with Gasteiger partial charge in [-0.15, -0.1) is 0 Å². The summed E-state index contributed by atoms with van der Waals surface area (Å²) in [4.78, 5) is 0. The molecule has 0 fully saturated rings. The molecule has 2 aromatic rings. The lowest BCUT2D eigenvalue weighted by molar-refractivity contribution is 0.669.